The van der Waals surface area contributed by atoms with Crippen molar-refractivity contribution in [3.05, 3.63) is 69.5 Å². The standard InChI is InChI=1S/C15H9Cl2F3OS/c16-11-6-10(7-12(17)8-11)14(15(18,19)20)9-22(21)13-4-2-1-3-5-13/h1-9H/b14-9-. The van der Waals surface area contributed by atoms with Crippen molar-refractivity contribution in [3.8, 4) is 0 Å². The molecule has 1 nitrogen and oxygen atoms in total. The van der Waals surface area contributed by atoms with E-state index in [9.17, 15) is 17.4 Å². The Balaban J connectivity index is 2.52. The first-order valence-corrected chi connectivity index (χ1v) is 7.95. The van der Waals surface area contributed by atoms with E-state index in [-0.39, 0.29) is 20.5 Å². The van der Waals surface area contributed by atoms with E-state index in [1.807, 2.05) is 0 Å². The maximum absolute atomic E-state index is 13.3. The van der Waals surface area contributed by atoms with Crippen molar-refractivity contribution in [3.63, 3.8) is 0 Å². The van der Waals surface area contributed by atoms with Gasteiger partial charge in [0.05, 0.1) is 16.4 Å². The highest BCUT2D eigenvalue weighted by molar-refractivity contribution is 7.88. The van der Waals surface area contributed by atoms with Crippen molar-refractivity contribution in [2.75, 3.05) is 0 Å². The number of alkyl halides is 3. The number of hydrogen-bond donors (Lipinski definition) is 0. The van der Waals surface area contributed by atoms with Crippen LogP contribution >= 0.6 is 23.2 Å². The molecule has 0 spiro atoms. The largest absolute Gasteiger partial charge is 0.417 e. The Labute approximate surface area is 137 Å². The molecule has 0 N–H and O–H groups in total. The molecule has 116 valence electrons. The number of rotatable bonds is 3. The molecule has 0 aromatic heterocycles. The summed E-state index contributed by atoms with van der Waals surface area (Å²) in [6, 6.07) is 11.5. The Hall–Kier alpha value is -1.30. The van der Waals surface area contributed by atoms with Gasteiger partial charge in [0, 0.05) is 20.3 Å². The molecule has 2 aromatic carbocycles. The van der Waals surface area contributed by atoms with Crippen LogP contribution in [0.2, 0.25) is 10.0 Å². The summed E-state index contributed by atoms with van der Waals surface area (Å²) >= 11 is 11.5. The number of allylic oxidation sites excluding steroid dienone is 1. The fourth-order valence-corrected chi connectivity index (χ4v) is 3.31. The van der Waals surface area contributed by atoms with E-state index in [1.54, 1.807) is 18.2 Å². The fourth-order valence-electron chi connectivity index (χ4n) is 1.74. The second-order valence-electron chi connectivity index (χ2n) is 4.30. The predicted octanol–water partition coefficient (Wildman–Crippen LogP) is 5.70. The highest BCUT2D eigenvalue weighted by atomic mass is 35.5. The van der Waals surface area contributed by atoms with Crippen LogP contribution < -0.4 is 0 Å². The van der Waals surface area contributed by atoms with Crippen LogP contribution in [0.4, 0.5) is 13.2 Å². The van der Waals surface area contributed by atoms with Crippen LogP contribution in [-0.2, 0) is 10.8 Å². The van der Waals surface area contributed by atoms with Crippen LogP contribution in [0.3, 0.4) is 0 Å². The minimum atomic E-state index is -4.68. The third-order valence-corrected chi connectivity index (χ3v) is 4.30. The van der Waals surface area contributed by atoms with E-state index >= 15 is 0 Å². The summed E-state index contributed by atoms with van der Waals surface area (Å²) in [5.41, 5.74) is -1.27. The van der Waals surface area contributed by atoms with E-state index in [1.165, 1.54) is 18.2 Å². The summed E-state index contributed by atoms with van der Waals surface area (Å²) in [4.78, 5) is 0.275. The van der Waals surface area contributed by atoms with Crippen LogP contribution in [0.25, 0.3) is 5.57 Å². The lowest BCUT2D eigenvalue weighted by molar-refractivity contribution is -0.0687. The number of halogens is 5. The van der Waals surface area contributed by atoms with Gasteiger partial charge in [-0.1, -0.05) is 41.4 Å². The molecule has 0 amide bonds. The maximum atomic E-state index is 13.3. The van der Waals surface area contributed by atoms with Gasteiger partial charge in [-0.25, -0.2) is 4.21 Å². The molecule has 0 aliphatic rings. The summed E-state index contributed by atoms with van der Waals surface area (Å²) in [6.07, 6.45) is -4.68. The molecule has 0 aliphatic heterocycles. The molecular formula is C15H9Cl2F3OS. The first-order chi connectivity index (χ1) is 10.3. The van der Waals surface area contributed by atoms with E-state index < -0.39 is 22.5 Å². The van der Waals surface area contributed by atoms with Crippen molar-refractivity contribution < 1.29 is 17.4 Å². The lowest BCUT2D eigenvalue weighted by Crippen LogP contribution is -2.11. The van der Waals surface area contributed by atoms with Crippen molar-refractivity contribution in [2.45, 2.75) is 11.1 Å². The van der Waals surface area contributed by atoms with Crippen molar-refractivity contribution in [2.24, 2.45) is 0 Å². The van der Waals surface area contributed by atoms with Crippen molar-refractivity contribution >= 4 is 39.6 Å². The predicted molar refractivity (Wildman–Crippen MR) is 83.3 cm³/mol. The lowest BCUT2D eigenvalue weighted by Gasteiger charge is -2.13. The normalized spacial score (nSPS) is 14.0. The smallest absolute Gasteiger partial charge is 0.250 e. The van der Waals surface area contributed by atoms with Gasteiger partial charge in [-0.3, -0.25) is 0 Å². The zero-order valence-electron chi connectivity index (χ0n) is 10.9. The average molecular weight is 365 g/mol. The Bertz CT molecular complexity index is 707. The minimum Gasteiger partial charge on any atom is -0.250 e. The highest BCUT2D eigenvalue weighted by Crippen LogP contribution is 2.37. The molecule has 22 heavy (non-hydrogen) atoms. The first-order valence-electron chi connectivity index (χ1n) is 5.98. The Morgan fingerprint density at radius 1 is 1.00 bits per heavy atom. The summed E-state index contributed by atoms with van der Waals surface area (Å²) in [6.45, 7) is 0. The third-order valence-electron chi connectivity index (χ3n) is 2.68. The molecular weight excluding hydrogens is 356 g/mol. The van der Waals surface area contributed by atoms with E-state index in [0.717, 1.165) is 12.1 Å². The Morgan fingerprint density at radius 3 is 2.05 bits per heavy atom. The van der Waals surface area contributed by atoms with Gasteiger partial charge in [0.25, 0.3) is 0 Å². The molecule has 0 aliphatic carbocycles. The quantitative estimate of drug-likeness (QED) is 0.682. The van der Waals surface area contributed by atoms with Gasteiger partial charge in [0.15, 0.2) is 0 Å². The Morgan fingerprint density at radius 2 is 1.55 bits per heavy atom. The molecule has 0 saturated heterocycles. The van der Waals surface area contributed by atoms with Crippen molar-refractivity contribution in [1.82, 2.24) is 0 Å². The number of hydrogen-bond acceptors (Lipinski definition) is 1. The highest BCUT2D eigenvalue weighted by Gasteiger charge is 2.35. The molecule has 1 atom stereocenters. The van der Waals surface area contributed by atoms with E-state index in [0.29, 0.717) is 5.41 Å². The minimum absolute atomic E-state index is 0.0724. The lowest BCUT2D eigenvalue weighted by atomic mass is 10.1. The van der Waals surface area contributed by atoms with Crippen LogP contribution in [0.15, 0.2) is 58.8 Å². The molecule has 0 bridgehead atoms. The molecule has 0 saturated carbocycles. The average Bonchev–Trinajstić information content (AvgIpc) is 2.43. The van der Waals surface area contributed by atoms with Gasteiger partial charge >= 0.3 is 6.18 Å². The van der Waals surface area contributed by atoms with Crippen LogP contribution in [0.1, 0.15) is 5.56 Å². The Kier molecular flexibility index (Phi) is 5.32. The molecule has 0 heterocycles. The van der Waals surface area contributed by atoms with E-state index in [4.69, 9.17) is 23.2 Å². The van der Waals surface area contributed by atoms with Gasteiger partial charge in [-0.2, -0.15) is 13.2 Å². The van der Waals surface area contributed by atoms with Gasteiger partial charge in [-0.05, 0) is 35.9 Å². The summed E-state index contributed by atoms with van der Waals surface area (Å²) < 4.78 is 51.9. The van der Waals surface area contributed by atoms with Gasteiger partial charge in [0.2, 0.25) is 0 Å². The van der Waals surface area contributed by atoms with E-state index in [2.05, 4.69) is 0 Å². The van der Waals surface area contributed by atoms with Crippen LogP contribution in [0, 0.1) is 0 Å². The molecule has 7 heteroatoms. The second kappa shape index (κ2) is 6.86. The molecule has 1 unspecified atom stereocenters. The third kappa shape index (κ3) is 4.35. The molecule has 2 aromatic rings. The monoisotopic (exact) mass is 364 g/mol. The second-order valence-corrected chi connectivity index (χ2v) is 6.47. The molecule has 2 rings (SSSR count). The number of benzene rings is 2. The summed E-state index contributed by atoms with van der Waals surface area (Å²) in [5.74, 6) is 0. The summed E-state index contributed by atoms with van der Waals surface area (Å²) in [5, 5.41) is 0.809. The molecule has 0 radical (unpaired) electrons. The zero-order chi connectivity index (χ0) is 16.3. The van der Waals surface area contributed by atoms with Crippen LogP contribution in [0.5, 0.6) is 0 Å². The van der Waals surface area contributed by atoms with Crippen LogP contribution in [-0.4, -0.2) is 10.4 Å². The zero-order valence-corrected chi connectivity index (χ0v) is 13.2. The fraction of sp³-hybridized carbons (Fsp3) is 0.0667. The van der Waals surface area contributed by atoms with Gasteiger partial charge in [-0.15, -0.1) is 0 Å². The SMILES string of the molecule is O=S(/C=C(/c1cc(Cl)cc(Cl)c1)C(F)(F)F)c1ccccc1. The topological polar surface area (TPSA) is 17.1 Å². The maximum Gasteiger partial charge on any atom is 0.417 e. The first kappa shape index (κ1) is 17.1. The van der Waals surface area contributed by atoms with Crippen molar-refractivity contribution in [1.29, 1.82) is 0 Å². The summed E-state index contributed by atoms with van der Waals surface area (Å²) in [7, 11) is -1.94. The van der Waals surface area contributed by atoms with Gasteiger partial charge < -0.3 is 0 Å². The molecule has 0 fully saturated rings. The van der Waals surface area contributed by atoms with Gasteiger partial charge in [0.1, 0.15) is 0 Å².